The second-order valence-corrected chi connectivity index (χ2v) is 10.6. The van der Waals surface area contributed by atoms with E-state index in [1.54, 1.807) is 0 Å². The quantitative estimate of drug-likeness (QED) is 0.218. The van der Waals surface area contributed by atoms with Crippen LogP contribution >= 0.6 is 0 Å². The van der Waals surface area contributed by atoms with Crippen LogP contribution in [0, 0.1) is 0 Å². The summed E-state index contributed by atoms with van der Waals surface area (Å²) in [5.41, 5.74) is 0. The molecule has 24 heavy (non-hydrogen) atoms. The third kappa shape index (κ3) is 20.3. The van der Waals surface area contributed by atoms with Gasteiger partial charge in [-0.3, -0.25) is 0 Å². The second kappa shape index (κ2) is 19.6. The van der Waals surface area contributed by atoms with Crippen molar-refractivity contribution >= 4 is 19.6 Å². The summed E-state index contributed by atoms with van der Waals surface area (Å²) in [5.74, 6) is 0.438. The van der Waals surface area contributed by atoms with Crippen molar-refractivity contribution in [2.24, 2.45) is 0 Å². The molecule has 1 unspecified atom stereocenters. The molecular weight excluding hydrogens is 340 g/mol. The molecule has 1 atom stereocenters. The fourth-order valence-corrected chi connectivity index (χ4v) is 5.44. The predicted molar refractivity (Wildman–Crippen MR) is 108 cm³/mol. The molecule has 1 N–H and O–H groups in total. The van der Waals surface area contributed by atoms with Crippen LogP contribution in [-0.2, 0) is 19.9 Å². The van der Waals surface area contributed by atoms with Gasteiger partial charge in [0.1, 0.15) is 0 Å². The van der Waals surface area contributed by atoms with E-state index in [9.17, 15) is 4.21 Å². The molecule has 4 nitrogen and oxygen atoms in total. The molecule has 148 valence electrons. The van der Waals surface area contributed by atoms with Gasteiger partial charge in [0.05, 0.1) is 0 Å². The minimum atomic E-state index is -1.82. The van der Waals surface area contributed by atoms with Crippen LogP contribution in [0.3, 0.4) is 0 Å². The first-order valence-electron chi connectivity index (χ1n) is 9.81. The van der Waals surface area contributed by atoms with Crippen molar-refractivity contribution in [1.82, 2.24) is 0 Å². The summed E-state index contributed by atoms with van der Waals surface area (Å²) >= 11 is -1.57. The first-order chi connectivity index (χ1) is 11.5. The molecule has 0 bridgehead atoms. The van der Waals surface area contributed by atoms with E-state index in [0.29, 0.717) is 5.75 Å². The number of rotatable bonds is 15. The summed E-state index contributed by atoms with van der Waals surface area (Å²) in [6, 6.07) is 1.15. The average molecular weight is 383 g/mol. The van der Waals surface area contributed by atoms with E-state index in [2.05, 4.69) is 34.2 Å². The molecule has 0 aromatic carbocycles. The summed E-state index contributed by atoms with van der Waals surface area (Å²) in [6.45, 7) is 12.2. The van der Waals surface area contributed by atoms with E-state index in [4.69, 9.17) is 13.4 Å². The van der Waals surface area contributed by atoms with E-state index in [1.807, 2.05) is 0 Å². The molecule has 0 rings (SSSR count). The molecule has 0 aromatic heterocycles. The number of hydrogen-bond acceptors (Lipinski definition) is 3. The van der Waals surface area contributed by atoms with Gasteiger partial charge in [0.2, 0.25) is 0 Å². The van der Waals surface area contributed by atoms with Crippen molar-refractivity contribution in [2.45, 2.75) is 98.1 Å². The SMILES string of the molecule is CCCCCCCC[Si](C)(OCC)OCC.CCCCCS(=O)O. The highest BCUT2D eigenvalue weighted by molar-refractivity contribution is 7.79. The summed E-state index contributed by atoms with van der Waals surface area (Å²) in [6.07, 6.45) is 11.1. The Balaban J connectivity index is 0. The predicted octanol–water partition coefficient (Wildman–Crippen LogP) is 5.89. The normalized spacial score (nSPS) is 12.6. The molecule has 0 aromatic rings. The van der Waals surface area contributed by atoms with Gasteiger partial charge < -0.3 is 13.4 Å². The summed E-state index contributed by atoms with van der Waals surface area (Å²) in [7, 11) is -1.82. The summed E-state index contributed by atoms with van der Waals surface area (Å²) < 4.78 is 29.9. The van der Waals surface area contributed by atoms with Crippen LogP contribution < -0.4 is 0 Å². The first kappa shape index (κ1) is 26.5. The van der Waals surface area contributed by atoms with E-state index in [1.165, 1.54) is 38.5 Å². The molecule has 0 aliphatic carbocycles. The molecule has 6 heteroatoms. The lowest BCUT2D eigenvalue weighted by Gasteiger charge is -2.25. The molecule has 0 fully saturated rings. The third-order valence-corrected chi connectivity index (χ3v) is 7.50. The van der Waals surface area contributed by atoms with Crippen LogP contribution in [-0.4, -0.2) is 36.3 Å². The van der Waals surface area contributed by atoms with Crippen LogP contribution in [0.5, 0.6) is 0 Å². The van der Waals surface area contributed by atoms with Gasteiger partial charge in [0.15, 0.2) is 11.1 Å². The van der Waals surface area contributed by atoms with E-state index in [0.717, 1.165) is 38.5 Å². The van der Waals surface area contributed by atoms with Gasteiger partial charge in [0.25, 0.3) is 0 Å². The Morgan fingerprint density at radius 3 is 1.71 bits per heavy atom. The highest BCUT2D eigenvalue weighted by atomic mass is 32.2. The van der Waals surface area contributed by atoms with Crippen molar-refractivity contribution in [1.29, 1.82) is 0 Å². The van der Waals surface area contributed by atoms with Crippen LogP contribution in [0.4, 0.5) is 0 Å². The standard InChI is InChI=1S/C13H30O2Si.C5H12O2S/c1-5-8-9-10-11-12-13-16(4,14-6-2)15-7-3;1-2-3-4-5-8(6)7/h5-13H2,1-4H3;2-5H2,1H3,(H,6,7). The maximum Gasteiger partial charge on any atom is 0.334 e. The van der Waals surface area contributed by atoms with Crippen LogP contribution in [0.1, 0.15) is 85.5 Å². The van der Waals surface area contributed by atoms with Gasteiger partial charge >= 0.3 is 8.56 Å². The summed E-state index contributed by atoms with van der Waals surface area (Å²) in [4.78, 5) is 0. The molecule has 0 spiro atoms. The Morgan fingerprint density at radius 1 is 0.792 bits per heavy atom. The molecular formula is C18H42O4SSi. The zero-order valence-corrected chi connectivity index (χ0v) is 18.6. The fourth-order valence-electron chi connectivity index (χ4n) is 2.50. The van der Waals surface area contributed by atoms with Gasteiger partial charge in [-0.15, -0.1) is 0 Å². The smallest absolute Gasteiger partial charge is 0.334 e. The van der Waals surface area contributed by atoms with Crippen LogP contribution in [0.15, 0.2) is 0 Å². The van der Waals surface area contributed by atoms with E-state index >= 15 is 0 Å². The third-order valence-electron chi connectivity index (χ3n) is 3.81. The van der Waals surface area contributed by atoms with Gasteiger partial charge in [-0.2, -0.15) is 0 Å². The topological polar surface area (TPSA) is 55.8 Å². The summed E-state index contributed by atoms with van der Waals surface area (Å²) in [5, 5.41) is 0. The Labute approximate surface area is 154 Å². The maximum atomic E-state index is 9.99. The fraction of sp³-hybridized carbons (Fsp3) is 1.00. The largest absolute Gasteiger partial charge is 0.395 e. The minimum absolute atomic E-state index is 0.438. The lowest BCUT2D eigenvalue weighted by Crippen LogP contribution is -2.38. The van der Waals surface area contributed by atoms with Crippen molar-refractivity contribution in [3.8, 4) is 0 Å². The van der Waals surface area contributed by atoms with Crippen molar-refractivity contribution in [2.75, 3.05) is 19.0 Å². The maximum absolute atomic E-state index is 9.99. The highest BCUT2D eigenvalue weighted by Crippen LogP contribution is 2.18. The second-order valence-electron chi connectivity index (χ2n) is 6.25. The highest BCUT2D eigenvalue weighted by Gasteiger charge is 2.29. The Bertz CT molecular complexity index is 272. The van der Waals surface area contributed by atoms with E-state index in [-0.39, 0.29) is 0 Å². The molecule has 0 saturated carbocycles. The molecule has 0 aliphatic rings. The lowest BCUT2D eigenvalue weighted by atomic mass is 10.1. The van der Waals surface area contributed by atoms with Gasteiger partial charge in [-0.05, 0) is 32.9 Å². The average Bonchev–Trinajstić information content (AvgIpc) is 2.52. The number of hydrogen-bond donors (Lipinski definition) is 1. The van der Waals surface area contributed by atoms with Crippen molar-refractivity contribution < 1.29 is 17.6 Å². The van der Waals surface area contributed by atoms with E-state index < -0.39 is 19.6 Å². The van der Waals surface area contributed by atoms with Crippen LogP contribution in [0.25, 0.3) is 0 Å². The van der Waals surface area contributed by atoms with Crippen LogP contribution in [0.2, 0.25) is 12.6 Å². The Hall–Kier alpha value is 0.247. The van der Waals surface area contributed by atoms with Gasteiger partial charge in [0, 0.05) is 19.0 Å². The molecule has 0 radical (unpaired) electrons. The first-order valence-corrected chi connectivity index (χ1v) is 13.6. The molecule has 0 heterocycles. The number of unbranched alkanes of at least 4 members (excludes halogenated alkanes) is 7. The van der Waals surface area contributed by atoms with Crippen molar-refractivity contribution in [3.05, 3.63) is 0 Å². The zero-order valence-electron chi connectivity index (χ0n) is 16.8. The monoisotopic (exact) mass is 382 g/mol. The zero-order chi connectivity index (χ0) is 18.7. The van der Waals surface area contributed by atoms with Gasteiger partial charge in [-0.1, -0.05) is 65.2 Å². The van der Waals surface area contributed by atoms with Crippen molar-refractivity contribution in [3.63, 3.8) is 0 Å². The Kier molecular flexibility index (Phi) is 21.6. The molecule has 0 amide bonds. The minimum Gasteiger partial charge on any atom is -0.395 e. The molecule has 0 saturated heterocycles. The Morgan fingerprint density at radius 2 is 1.25 bits per heavy atom. The molecule has 0 aliphatic heterocycles. The lowest BCUT2D eigenvalue weighted by molar-refractivity contribution is 0.188. The van der Waals surface area contributed by atoms with Gasteiger partial charge in [-0.25, -0.2) is 4.21 Å².